The fraction of sp³-hybridized carbons (Fsp3) is 0.481. The molecule has 0 saturated carbocycles. The van der Waals surface area contributed by atoms with Crippen LogP contribution in [0, 0.1) is 0 Å². The van der Waals surface area contributed by atoms with Gasteiger partial charge in [0.1, 0.15) is 0 Å². The van der Waals surface area contributed by atoms with E-state index in [1.54, 1.807) is 0 Å². The van der Waals surface area contributed by atoms with Crippen LogP contribution in [0.1, 0.15) is 77.7 Å². The Balaban J connectivity index is 1.76. The first kappa shape index (κ1) is 26.2. The molecule has 1 aromatic carbocycles. The minimum Gasteiger partial charge on any atom is -0.463 e. The number of nitrogens with zero attached hydrogens (tertiary/aromatic N) is 2. The molecule has 178 valence electrons. The van der Waals surface area contributed by atoms with E-state index < -0.39 is 5.97 Å². The second kappa shape index (κ2) is 14.9. The predicted molar refractivity (Wildman–Crippen MR) is 130 cm³/mol. The summed E-state index contributed by atoms with van der Waals surface area (Å²) in [7, 11) is 0. The van der Waals surface area contributed by atoms with Gasteiger partial charge in [0.2, 0.25) is 0 Å². The van der Waals surface area contributed by atoms with Crippen LogP contribution in [0.3, 0.4) is 0 Å². The molecule has 1 unspecified atom stereocenters. The van der Waals surface area contributed by atoms with Gasteiger partial charge in [-0.25, -0.2) is 14.8 Å². The Morgan fingerprint density at radius 2 is 1.73 bits per heavy atom. The number of esters is 2. The molecule has 0 aliphatic heterocycles. The summed E-state index contributed by atoms with van der Waals surface area (Å²) in [5.41, 5.74) is 2.15. The van der Waals surface area contributed by atoms with Crippen LogP contribution in [-0.2, 0) is 20.7 Å². The summed E-state index contributed by atoms with van der Waals surface area (Å²) < 4.78 is 10.5. The van der Waals surface area contributed by atoms with Crippen molar-refractivity contribution in [3.05, 3.63) is 54.4 Å². The van der Waals surface area contributed by atoms with Crippen molar-refractivity contribution >= 4 is 11.9 Å². The first-order chi connectivity index (χ1) is 16.0. The van der Waals surface area contributed by atoms with Gasteiger partial charge in [0.05, 0.1) is 18.5 Å². The van der Waals surface area contributed by atoms with Gasteiger partial charge < -0.3 is 9.47 Å². The lowest BCUT2D eigenvalue weighted by Crippen LogP contribution is -2.13. The van der Waals surface area contributed by atoms with E-state index in [0.29, 0.717) is 18.0 Å². The van der Waals surface area contributed by atoms with Gasteiger partial charge in [0, 0.05) is 18.1 Å². The number of unbranched alkanes of at least 4 members (excludes halogenated alkanes) is 4. The number of ether oxygens (including phenoxy) is 2. The van der Waals surface area contributed by atoms with Gasteiger partial charge in [-0.3, -0.25) is 4.79 Å². The molecule has 0 aliphatic rings. The van der Waals surface area contributed by atoms with Crippen molar-refractivity contribution in [2.45, 2.75) is 84.7 Å². The Morgan fingerprint density at radius 1 is 1.00 bits per heavy atom. The molecular weight excluding hydrogens is 416 g/mol. The molecule has 0 bridgehead atoms. The Morgan fingerprint density at radius 3 is 2.39 bits per heavy atom. The van der Waals surface area contributed by atoms with Crippen molar-refractivity contribution in [1.82, 2.24) is 9.97 Å². The van der Waals surface area contributed by atoms with Gasteiger partial charge in [-0.2, -0.15) is 0 Å². The summed E-state index contributed by atoms with van der Waals surface area (Å²) in [6.07, 6.45) is 14.9. The average molecular weight is 453 g/mol. The molecule has 0 fully saturated rings. The van der Waals surface area contributed by atoms with Crippen LogP contribution in [0.15, 0.2) is 48.8 Å². The summed E-state index contributed by atoms with van der Waals surface area (Å²) in [5, 5.41) is 0. The third kappa shape index (κ3) is 10.4. The fourth-order valence-corrected chi connectivity index (χ4v) is 3.31. The van der Waals surface area contributed by atoms with E-state index in [-0.39, 0.29) is 12.1 Å². The van der Waals surface area contributed by atoms with Crippen LogP contribution < -0.4 is 4.74 Å². The second-order valence-corrected chi connectivity index (χ2v) is 8.16. The van der Waals surface area contributed by atoms with Crippen LogP contribution in [0.25, 0.3) is 11.4 Å². The molecule has 2 aromatic rings. The minimum absolute atomic E-state index is 0.0268. The first-order valence-electron chi connectivity index (χ1n) is 12.0. The van der Waals surface area contributed by atoms with Crippen molar-refractivity contribution in [2.75, 3.05) is 0 Å². The Hall–Kier alpha value is -3.02. The number of rotatable bonds is 14. The lowest BCUT2D eigenvalue weighted by Gasteiger charge is -2.12. The SMILES string of the molecule is CCCCC/C=C/C(=O)Oc1cnc(-c2ccc(CCCCC(C)OC(=O)CC)cc2)nc1. The highest BCUT2D eigenvalue weighted by atomic mass is 16.5. The smallest absolute Gasteiger partial charge is 0.335 e. The number of benzene rings is 1. The van der Waals surface area contributed by atoms with Gasteiger partial charge in [-0.1, -0.05) is 57.0 Å². The number of hydrogen-bond donors (Lipinski definition) is 0. The average Bonchev–Trinajstić information content (AvgIpc) is 2.82. The minimum atomic E-state index is -0.412. The third-order valence-corrected chi connectivity index (χ3v) is 5.23. The van der Waals surface area contributed by atoms with Crippen molar-refractivity contribution in [3.63, 3.8) is 0 Å². The van der Waals surface area contributed by atoms with Gasteiger partial charge in [0.25, 0.3) is 0 Å². The zero-order chi connectivity index (χ0) is 23.9. The van der Waals surface area contributed by atoms with Gasteiger partial charge in [-0.15, -0.1) is 0 Å². The van der Waals surface area contributed by atoms with Crippen molar-refractivity contribution in [1.29, 1.82) is 0 Å². The van der Waals surface area contributed by atoms with Crippen molar-refractivity contribution in [2.24, 2.45) is 0 Å². The molecule has 6 heteroatoms. The van der Waals surface area contributed by atoms with Gasteiger partial charge >= 0.3 is 11.9 Å². The molecule has 0 spiro atoms. The highest BCUT2D eigenvalue weighted by molar-refractivity contribution is 5.83. The molecule has 33 heavy (non-hydrogen) atoms. The highest BCUT2D eigenvalue weighted by Crippen LogP contribution is 2.19. The lowest BCUT2D eigenvalue weighted by molar-refractivity contribution is -0.148. The van der Waals surface area contributed by atoms with E-state index in [0.717, 1.165) is 56.9 Å². The maximum atomic E-state index is 11.9. The van der Waals surface area contributed by atoms with Crippen LogP contribution in [-0.4, -0.2) is 28.0 Å². The van der Waals surface area contributed by atoms with E-state index in [9.17, 15) is 9.59 Å². The topological polar surface area (TPSA) is 78.4 Å². The van der Waals surface area contributed by atoms with Crippen LogP contribution in [0.2, 0.25) is 0 Å². The van der Waals surface area contributed by atoms with Crippen LogP contribution in [0.4, 0.5) is 0 Å². The van der Waals surface area contributed by atoms with Crippen LogP contribution in [0.5, 0.6) is 5.75 Å². The molecular formula is C27H36N2O4. The highest BCUT2D eigenvalue weighted by Gasteiger charge is 2.08. The van der Waals surface area contributed by atoms with Gasteiger partial charge in [0.15, 0.2) is 11.6 Å². The molecule has 1 atom stereocenters. The summed E-state index contributed by atoms with van der Waals surface area (Å²) in [6, 6.07) is 8.16. The molecule has 0 N–H and O–H groups in total. The summed E-state index contributed by atoms with van der Waals surface area (Å²) >= 11 is 0. The molecule has 0 radical (unpaired) electrons. The molecule has 0 saturated heterocycles. The van der Waals surface area contributed by atoms with Crippen LogP contribution >= 0.6 is 0 Å². The number of carbonyl (C=O) groups excluding carboxylic acids is 2. The second-order valence-electron chi connectivity index (χ2n) is 8.16. The number of allylic oxidation sites excluding steroid dienone is 1. The van der Waals surface area contributed by atoms with E-state index in [1.807, 2.05) is 32.1 Å². The largest absolute Gasteiger partial charge is 0.463 e. The maximum absolute atomic E-state index is 11.9. The van der Waals surface area contributed by atoms with E-state index in [4.69, 9.17) is 9.47 Å². The number of aryl methyl sites for hydroxylation is 1. The predicted octanol–water partition coefficient (Wildman–Crippen LogP) is 6.24. The third-order valence-electron chi connectivity index (χ3n) is 5.23. The Labute approximate surface area is 197 Å². The summed E-state index contributed by atoms with van der Waals surface area (Å²) in [5.74, 6) is 0.367. The molecule has 1 aromatic heterocycles. The first-order valence-corrected chi connectivity index (χ1v) is 12.0. The number of hydrogen-bond acceptors (Lipinski definition) is 6. The summed E-state index contributed by atoms with van der Waals surface area (Å²) in [6.45, 7) is 5.90. The summed E-state index contributed by atoms with van der Waals surface area (Å²) in [4.78, 5) is 31.8. The number of aromatic nitrogens is 2. The standard InChI is InChI=1S/C27H36N2O4/c1-4-6-7-8-9-14-26(31)33-24-19-28-27(29-20-24)23-17-15-22(16-18-23)13-11-10-12-21(3)32-25(30)5-2/h9,14-21H,4-8,10-13H2,1-3H3/b14-9+. The van der Waals surface area contributed by atoms with E-state index >= 15 is 0 Å². The maximum Gasteiger partial charge on any atom is 0.335 e. The van der Waals surface area contributed by atoms with E-state index in [2.05, 4.69) is 29.0 Å². The zero-order valence-corrected chi connectivity index (χ0v) is 20.1. The normalized spacial score (nSPS) is 12.0. The molecule has 6 nitrogen and oxygen atoms in total. The molecule has 0 amide bonds. The van der Waals surface area contributed by atoms with E-state index in [1.165, 1.54) is 24.0 Å². The molecule has 0 aliphatic carbocycles. The molecule has 1 heterocycles. The monoisotopic (exact) mass is 452 g/mol. The Kier molecular flexibility index (Phi) is 11.9. The number of carbonyl (C=O) groups is 2. The quantitative estimate of drug-likeness (QED) is 0.192. The van der Waals surface area contributed by atoms with Gasteiger partial charge in [-0.05, 0) is 51.0 Å². The van der Waals surface area contributed by atoms with Crippen molar-refractivity contribution in [3.8, 4) is 17.1 Å². The Bertz CT molecular complexity index is 876. The lowest BCUT2D eigenvalue weighted by atomic mass is 10.0. The zero-order valence-electron chi connectivity index (χ0n) is 20.1. The fourth-order valence-electron chi connectivity index (χ4n) is 3.31. The molecule has 2 rings (SSSR count). The van der Waals surface area contributed by atoms with Crippen molar-refractivity contribution < 1.29 is 19.1 Å².